The Kier molecular flexibility index (Phi) is 4.92. The molecule has 1 aliphatic heterocycles. The number of nitrogens with one attached hydrogen (secondary N) is 1. The van der Waals surface area contributed by atoms with Crippen LogP contribution in [0.2, 0.25) is 0 Å². The summed E-state index contributed by atoms with van der Waals surface area (Å²) in [4.78, 5) is 35.4. The molecule has 26 heavy (non-hydrogen) atoms. The highest BCUT2D eigenvalue weighted by Gasteiger charge is 2.22. The van der Waals surface area contributed by atoms with Gasteiger partial charge in [0.25, 0.3) is 0 Å². The number of carbonyl (C=O) groups is 1. The lowest BCUT2D eigenvalue weighted by Crippen LogP contribution is -2.44. The second-order valence-corrected chi connectivity index (χ2v) is 7.45. The zero-order valence-electron chi connectivity index (χ0n) is 14.4. The van der Waals surface area contributed by atoms with Gasteiger partial charge in [0.15, 0.2) is 0 Å². The number of aryl methyl sites for hydroxylation is 1. The van der Waals surface area contributed by atoms with E-state index in [1.54, 1.807) is 4.57 Å². The molecule has 0 radical (unpaired) electrons. The second kappa shape index (κ2) is 7.00. The van der Waals surface area contributed by atoms with Crippen molar-refractivity contribution < 1.29 is 17.4 Å². The molecule has 11 heteroatoms. The van der Waals surface area contributed by atoms with Gasteiger partial charge in [0.2, 0.25) is 11.4 Å². The maximum atomic E-state index is 12.6. The van der Waals surface area contributed by atoms with Crippen molar-refractivity contribution in [2.24, 2.45) is 0 Å². The molecule has 0 saturated carbocycles. The molecule has 1 saturated heterocycles. The highest BCUT2D eigenvalue weighted by atomic mass is 32.2. The van der Waals surface area contributed by atoms with Crippen molar-refractivity contribution >= 4 is 33.1 Å². The fraction of sp³-hybridized carbons (Fsp3) is 0.467. The number of piperazine rings is 1. The summed E-state index contributed by atoms with van der Waals surface area (Å²) in [6.45, 7) is 5.38. The molecule has 1 N–H and O–H groups in total. The number of nitrogens with zero attached hydrogens (tertiary/aromatic N) is 4. The summed E-state index contributed by atoms with van der Waals surface area (Å²) >= 11 is 0. The Labute approximate surface area is 149 Å². The third-order valence-corrected chi connectivity index (χ3v) is 4.44. The van der Waals surface area contributed by atoms with Crippen LogP contribution in [0.1, 0.15) is 17.3 Å². The van der Waals surface area contributed by atoms with Crippen LogP contribution in [0.25, 0.3) is 11.0 Å². The maximum absolute atomic E-state index is 12.6. The molecule has 140 valence electrons. The van der Waals surface area contributed by atoms with Crippen LogP contribution in [0.3, 0.4) is 0 Å². The average Bonchev–Trinajstić information content (AvgIpc) is 2.61. The molecule has 10 nitrogen and oxygen atoms in total. The first kappa shape index (κ1) is 18.3. The number of rotatable bonds is 4. The molecule has 2 aromatic rings. The normalized spacial score (nSPS) is 15.2. The van der Waals surface area contributed by atoms with Crippen molar-refractivity contribution in [1.29, 1.82) is 0 Å². The van der Waals surface area contributed by atoms with Gasteiger partial charge >= 0.3 is 16.1 Å². The van der Waals surface area contributed by atoms with Crippen LogP contribution >= 0.6 is 0 Å². The molecule has 0 amide bonds. The van der Waals surface area contributed by atoms with Crippen LogP contribution in [0.4, 0.5) is 5.95 Å². The first-order valence-corrected chi connectivity index (χ1v) is 9.91. The number of fused-ring (bicyclic) bond motifs is 1. The fourth-order valence-electron chi connectivity index (χ4n) is 2.75. The van der Waals surface area contributed by atoms with E-state index in [1.165, 1.54) is 12.4 Å². The molecule has 2 aromatic heterocycles. The number of hydrogen-bond acceptors (Lipinski definition) is 9. The van der Waals surface area contributed by atoms with Crippen LogP contribution in [0.5, 0.6) is 0 Å². The zero-order chi connectivity index (χ0) is 18.9. The summed E-state index contributed by atoms with van der Waals surface area (Å²) in [5.74, 6) is -0.708. The smallest absolute Gasteiger partial charge is 0.341 e. The van der Waals surface area contributed by atoms with Gasteiger partial charge < -0.3 is 19.0 Å². The third-order valence-electron chi connectivity index (χ3n) is 3.99. The van der Waals surface area contributed by atoms with Crippen molar-refractivity contribution in [2.75, 3.05) is 37.3 Å². The first-order chi connectivity index (χ1) is 12.3. The minimum absolute atomic E-state index is 0.133. The van der Waals surface area contributed by atoms with E-state index in [4.69, 9.17) is 0 Å². The van der Waals surface area contributed by atoms with Gasteiger partial charge in [-0.3, -0.25) is 4.79 Å². The number of aromatic nitrogens is 3. The Morgan fingerprint density at radius 2 is 2.04 bits per heavy atom. The monoisotopic (exact) mass is 381 g/mol. The van der Waals surface area contributed by atoms with E-state index in [1.807, 2.05) is 11.8 Å². The molecule has 0 spiro atoms. The molecular weight excluding hydrogens is 362 g/mol. The van der Waals surface area contributed by atoms with Gasteiger partial charge in [-0.05, 0) is 6.92 Å². The summed E-state index contributed by atoms with van der Waals surface area (Å²) in [6, 6.07) is 0. The van der Waals surface area contributed by atoms with Gasteiger partial charge in [0, 0.05) is 45.1 Å². The van der Waals surface area contributed by atoms with Gasteiger partial charge in [0.05, 0.1) is 11.6 Å². The lowest BCUT2D eigenvalue weighted by molar-refractivity contribution is 0.0746. The van der Waals surface area contributed by atoms with Gasteiger partial charge in [-0.1, -0.05) is 0 Å². The Balaban J connectivity index is 2.10. The molecule has 3 heterocycles. The third kappa shape index (κ3) is 3.68. The second-order valence-electron chi connectivity index (χ2n) is 5.88. The zero-order valence-corrected chi connectivity index (χ0v) is 15.2. The minimum atomic E-state index is -4.02. The Hall–Kier alpha value is -2.53. The number of pyridine rings is 1. The molecule has 3 rings (SSSR count). The van der Waals surface area contributed by atoms with E-state index in [-0.39, 0.29) is 10.9 Å². The van der Waals surface area contributed by atoms with Gasteiger partial charge in [-0.15, -0.1) is 0 Å². The standard InChI is InChI=1S/C15H19N5O5S/c1-3-19-9-11(14(22)25-26(2,23)24)12(21)10-8-17-15(18-13(10)19)20-6-4-16-5-7-20/h8-9,16H,3-7H2,1-2H3. The van der Waals surface area contributed by atoms with Crippen molar-refractivity contribution in [3.8, 4) is 0 Å². The highest BCUT2D eigenvalue weighted by molar-refractivity contribution is 7.86. The lowest BCUT2D eigenvalue weighted by Gasteiger charge is -2.27. The summed E-state index contributed by atoms with van der Waals surface area (Å²) in [5.41, 5.74) is -0.648. The summed E-state index contributed by atoms with van der Waals surface area (Å²) in [7, 11) is -4.02. The molecule has 1 fully saturated rings. The van der Waals surface area contributed by atoms with Crippen molar-refractivity contribution in [3.63, 3.8) is 0 Å². The van der Waals surface area contributed by atoms with E-state index in [0.717, 1.165) is 32.4 Å². The Bertz CT molecular complexity index is 1010. The van der Waals surface area contributed by atoms with Crippen LogP contribution in [-0.4, -0.2) is 61.4 Å². The molecule has 0 bridgehead atoms. The van der Waals surface area contributed by atoms with E-state index in [9.17, 15) is 18.0 Å². The largest absolute Gasteiger partial charge is 0.359 e. The van der Waals surface area contributed by atoms with Crippen LogP contribution in [0.15, 0.2) is 17.2 Å². The quantitative estimate of drug-likeness (QED) is 0.687. The van der Waals surface area contributed by atoms with Crippen molar-refractivity contribution in [3.05, 3.63) is 28.2 Å². The van der Waals surface area contributed by atoms with Crippen LogP contribution < -0.4 is 15.6 Å². The number of hydrogen-bond donors (Lipinski definition) is 1. The molecule has 0 unspecified atom stereocenters. The predicted octanol–water partition coefficient (Wildman–Crippen LogP) is -0.663. The maximum Gasteiger partial charge on any atom is 0.359 e. The SMILES string of the molecule is CCn1cc(C(=O)OS(C)(=O)=O)c(=O)c2cnc(N3CCNCC3)nc21. The van der Waals surface area contributed by atoms with Crippen molar-refractivity contribution in [2.45, 2.75) is 13.5 Å². The summed E-state index contributed by atoms with van der Waals surface area (Å²) in [5, 5.41) is 3.37. The van der Waals surface area contributed by atoms with E-state index >= 15 is 0 Å². The molecule has 1 aliphatic rings. The Morgan fingerprint density at radius 3 is 2.65 bits per heavy atom. The summed E-state index contributed by atoms with van der Waals surface area (Å²) in [6.07, 6.45) is 3.38. The van der Waals surface area contributed by atoms with Gasteiger partial charge in [-0.25, -0.2) is 9.78 Å². The van der Waals surface area contributed by atoms with E-state index < -0.39 is 21.5 Å². The van der Waals surface area contributed by atoms with E-state index in [0.29, 0.717) is 18.1 Å². The van der Waals surface area contributed by atoms with E-state index in [2.05, 4.69) is 19.5 Å². The Morgan fingerprint density at radius 1 is 1.35 bits per heavy atom. The molecule has 0 atom stereocenters. The average molecular weight is 381 g/mol. The molecular formula is C15H19N5O5S. The minimum Gasteiger partial charge on any atom is -0.341 e. The lowest BCUT2D eigenvalue weighted by atomic mass is 10.2. The van der Waals surface area contributed by atoms with Crippen LogP contribution in [0, 0.1) is 0 Å². The van der Waals surface area contributed by atoms with Crippen LogP contribution in [-0.2, 0) is 20.8 Å². The van der Waals surface area contributed by atoms with Crippen molar-refractivity contribution in [1.82, 2.24) is 19.9 Å². The predicted molar refractivity (Wildman–Crippen MR) is 94.8 cm³/mol. The fourth-order valence-corrected chi connectivity index (χ4v) is 3.11. The molecule has 0 aliphatic carbocycles. The molecule has 0 aromatic carbocycles. The summed E-state index contributed by atoms with van der Waals surface area (Å²) < 4.78 is 28.3. The number of carbonyl (C=O) groups excluding carboxylic acids is 1. The number of anilines is 1. The van der Waals surface area contributed by atoms with Gasteiger partial charge in [-0.2, -0.15) is 13.4 Å². The highest BCUT2D eigenvalue weighted by Crippen LogP contribution is 2.15. The first-order valence-electron chi connectivity index (χ1n) is 8.10. The van der Waals surface area contributed by atoms with Gasteiger partial charge in [0.1, 0.15) is 11.2 Å². The topological polar surface area (TPSA) is 123 Å².